The van der Waals surface area contributed by atoms with Crippen molar-refractivity contribution in [3.8, 4) is 0 Å². The Bertz CT molecular complexity index is 429. The van der Waals surface area contributed by atoms with Crippen molar-refractivity contribution in [1.29, 1.82) is 0 Å². The van der Waals surface area contributed by atoms with Gasteiger partial charge in [0.15, 0.2) is 5.79 Å². The highest BCUT2D eigenvalue weighted by molar-refractivity contribution is 6.31. The number of halogens is 1. The van der Waals surface area contributed by atoms with Gasteiger partial charge >= 0.3 is 0 Å². The second kappa shape index (κ2) is 4.82. The summed E-state index contributed by atoms with van der Waals surface area (Å²) >= 11 is 6.20. The van der Waals surface area contributed by atoms with Crippen molar-refractivity contribution in [1.82, 2.24) is 0 Å². The van der Waals surface area contributed by atoms with Crippen LogP contribution in [0.1, 0.15) is 37.4 Å². The molecule has 1 aromatic carbocycles. The van der Waals surface area contributed by atoms with E-state index in [0.29, 0.717) is 5.02 Å². The standard InChI is InChI=1S/C14H17ClO3/c15-11-6-2-1-5-10(11)13-12(9-16)17-14(18-13)7-3-4-8-14/h1-2,5-6,12-13,16H,3-4,7-9H2/t12-,13-/m1/s1. The largest absolute Gasteiger partial charge is 0.394 e. The van der Waals surface area contributed by atoms with E-state index in [1.165, 1.54) is 0 Å². The Morgan fingerprint density at radius 2 is 1.94 bits per heavy atom. The number of rotatable bonds is 2. The fourth-order valence-electron chi connectivity index (χ4n) is 2.92. The Balaban J connectivity index is 1.89. The van der Waals surface area contributed by atoms with Crippen LogP contribution in [0.4, 0.5) is 0 Å². The summed E-state index contributed by atoms with van der Waals surface area (Å²) in [6.07, 6.45) is 3.47. The minimum Gasteiger partial charge on any atom is -0.394 e. The molecule has 0 amide bonds. The van der Waals surface area contributed by atoms with Crippen LogP contribution in [0.3, 0.4) is 0 Å². The quantitative estimate of drug-likeness (QED) is 0.896. The summed E-state index contributed by atoms with van der Waals surface area (Å²) in [4.78, 5) is 0. The summed E-state index contributed by atoms with van der Waals surface area (Å²) < 4.78 is 12.1. The molecule has 2 atom stereocenters. The summed E-state index contributed by atoms with van der Waals surface area (Å²) in [7, 11) is 0. The number of hydrogen-bond donors (Lipinski definition) is 1. The Labute approximate surface area is 112 Å². The van der Waals surface area contributed by atoms with E-state index in [2.05, 4.69) is 0 Å². The molecule has 0 bridgehead atoms. The van der Waals surface area contributed by atoms with Gasteiger partial charge in [-0.2, -0.15) is 0 Å². The first-order chi connectivity index (χ1) is 8.74. The second-order valence-corrected chi connectivity index (χ2v) is 5.42. The molecule has 4 heteroatoms. The third-order valence-electron chi connectivity index (χ3n) is 3.80. The van der Waals surface area contributed by atoms with Crippen molar-refractivity contribution >= 4 is 11.6 Å². The van der Waals surface area contributed by atoms with Crippen molar-refractivity contribution in [3.63, 3.8) is 0 Å². The lowest BCUT2D eigenvalue weighted by atomic mass is 10.1. The van der Waals surface area contributed by atoms with Crippen LogP contribution in [0.25, 0.3) is 0 Å². The molecule has 0 unspecified atom stereocenters. The van der Waals surface area contributed by atoms with Crippen LogP contribution >= 0.6 is 11.6 Å². The van der Waals surface area contributed by atoms with Crippen LogP contribution in [0.15, 0.2) is 24.3 Å². The van der Waals surface area contributed by atoms with Crippen LogP contribution in [-0.2, 0) is 9.47 Å². The topological polar surface area (TPSA) is 38.7 Å². The van der Waals surface area contributed by atoms with Gasteiger partial charge < -0.3 is 14.6 Å². The molecule has 1 spiro atoms. The maximum atomic E-state index is 9.48. The van der Waals surface area contributed by atoms with Crippen LogP contribution < -0.4 is 0 Å². The number of aliphatic hydroxyl groups is 1. The van der Waals surface area contributed by atoms with Gasteiger partial charge in [0.05, 0.1) is 6.61 Å². The van der Waals surface area contributed by atoms with Crippen molar-refractivity contribution in [2.24, 2.45) is 0 Å². The van der Waals surface area contributed by atoms with Crippen LogP contribution in [0.5, 0.6) is 0 Å². The monoisotopic (exact) mass is 268 g/mol. The van der Waals surface area contributed by atoms with Crippen molar-refractivity contribution in [3.05, 3.63) is 34.9 Å². The molecule has 1 saturated heterocycles. The molecule has 1 aliphatic carbocycles. The van der Waals surface area contributed by atoms with Gasteiger partial charge in [-0.15, -0.1) is 0 Å². The first kappa shape index (κ1) is 12.4. The third kappa shape index (κ3) is 2.05. The van der Waals surface area contributed by atoms with Gasteiger partial charge in [-0.05, 0) is 18.9 Å². The molecule has 98 valence electrons. The maximum Gasteiger partial charge on any atom is 0.169 e. The number of ether oxygens (including phenoxy) is 2. The summed E-state index contributed by atoms with van der Waals surface area (Å²) in [6.45, 7) is -0.0440. The lowest BCUT2D eigenvalue weighted by Crippen LogP contribution is -2.27. The molecular formula is C14H17ClO3. The molecule has 1 N–H and O–H groups in total. The van der Waals surface area contributed by atoms with E-state index in [9.17, 15) is 5.11 Å². The summed E-state index contributed by atoms with van der Waals surface area (Å²) in [6, 6.07) is 7.60. The zero-order chi connectivity index (χ0) is 12.6. The zero-order valence-electron chi connectivity index (χ0n) is 10.1. The molecule has 2 aliphatic rings. The average Bonchev–Trinajstić information content (AvgIpc) is 2.98. The predicted octanol–water partition coefficient (Wildman–Crippen LogP) is 3.06. The van der Waals surface area contributed by atoms with E-state index in [1.807, 2.05) is 24.3 Å². The molecule has 2 fully saturated rings. The van der Waals surface area contributed by atoms with Crippen molar-refractivity contribution in [2.75, 3.05) is 6.61 Å². The lowest BCUT2D eigenvalue weighted by Gasteiger charge is -2.22. The molecule has 0 radical (unpaired) electrons. The maximum absolute atomic E-state index is 9.48. The van der Waals surface area contributed by atoms with Crippen LogP contribution in [0.2, 0.25) is 5.02 Å². The normalized spacial score (nSPS) is 30.1. The molecule has 0 aromatic heterocycles. The molecule has 1 aliphatic heterocycles. The Kier molecular flexibility index (Phi) is 3.32. The highest BCUT2D eigenvalue weighted by Crippen LogP contribution is 2.47. The van der Waals surface area contributed by atoms with Gasteiger partial charge in [-0.1, -0.05) is 29.8 Å². The van der Waals surface area contributed by atoms with Gasteiger partial charge in [0.25, 0.3) is 0 Å². The first-order valence-corrected chi connectivity index (χ1v) is 6.83. The minimum absolute atomic E-state index is 0.0440. The minimum atomic E-state index is -0.489. The first-order valence-electron chi connectivity index (χ1n) is 6.45. The molecular weight excluding hydrogens is 252 g/mol. The highest BCUT2D eigenvalue weighted by Gasteiger charge is 2.49. The summed E-state index contributed by atoms with van der Waals surface area (Å²) in [5.74, 6) is -0.489. The Hall–Kier alpha value is -0.610. The smallest absolute Gasteiger partial charge is 0.169 e. The van der Waals surface area contributed by atoms with Crippen LogP contribution in [-0.4, -0.2) is 23.6 Å². The van der Waals surface area contributed by atoms with Gasteiger partial charge in [0, 0.05) is 23.4 Å². The summed E-state index contributed by atoms with van der Waals surface area (Å²) in [5.41, 5.74) is 0.905. The van der Waals surface area contributed by atoms with E-state index in [4.69, 9.17) is 21.1 Å². The Morgan fingerprint density at radius 3 is 2.61 bits per heavy atom. The number of hydrogen-bond acceptors (Lipinski definition) is 3. The van der Waals surface area contributed by atoms with E-state index in [0.717, 1.165) is 31.2 Å². The van der Waals surface area contributed by atoms with Gasteiger partial charge in [0.2, 0.25) is 0 Å². The highest BCUT2D eigenvalue weighted by atomic mass is 35.5. The molecule has 1 saturated carbocycles. The fourth-order valence-corrected chi connectivity index (χ4v) is 3.17. The molecule has 3 rings (SSSR count). The van der Waals surface area contributed by atoms with E-state index in [-0.39, 0.29) is 18.8 Å². The zero-order valence-corrected chi connectivity index (χ0v) is 10.9. The van der Waals surface area contributed by atoms with E-state index in [1.54, 1.807) is 0 Å². The predicted molar refractivity (Wildman–Crippen MR) is 68.4 cm³/mol. The fraction of sp³-hybridized carbons (Fsp3) is 0.571. The lowest BCUT2D eigenvalue weighted by molar-refractivity contribution is -0.172. The van der Waals surface area contributed by atoms with E-state index < -0.39 is 5.79 Å². The van der Waals surface area contributed by atoms with Crippen LogP contribution in [0, 0.1) is 0 Å². The molecule has 1 aromatic rings. The molecule has 3 nitrogen and oxygen atoms in total. The summed E-state index contributed by atoms with van der Waals surface area (Å²) in [5, 5.41) is 10.2. The van der Waals surface area contributed by atoms with Gasteiger partial charge in [-0.3, -0.25) is 0 Å². The van der Waals surface area contributed by atoms with Gasteiger partial charge in [0.1, 0.15) is 12.2 Å². The second-order valence-electron chi connectivity index (χ2n) is 5.02. The SMILES string of the molecule is OC[C@H]1OC2(CCCC2)O[C@@H]1c1ccccc1Cl. The number of aliphatic hydroxyl groups excluding tert-OH is 1. The van der Waals surface area contributed by atoms with Gasteiger partial charge in [-0.25, -0.2) is 0 Å². The Morgan fingerprint density at radius 1 is 1.22 bits per heavy atom. The average molecular weight is 269 g/mol. The molecule has 1 heterocycles. The van der Waals surface area contributed by atoms with Crippen molar-refractivity contribution < 1.29 is 14.6 Å². The third-order valence-corrected chi connectivity index (χ3v) is 4.15. The molecule has 18 heavy (non-hydrogen) atoms. The van der Waals surface area contributed by atoms with Crippen molar-refractivity contribution in [2.45, 2.75) is 43.7 Å². The number of benzene rings is 1. The van der Waals surface area contributed by atoms with E-state index >= 15 is 0 Å².